The predicted molar refractivity (Wildman–Crippen MR) is 150 cm³/mol. The lowest BCUT2D eigenvalue weighted by atomic mass is 10.0. The third-order valence-corrected chi connectivity index (χ3v) is 6.24. The summed E-state index contributed by atoms with van der Waals surface area (Å²) in [4.78, 5) is 56.4. The van der Waals surface area contributed by atoms with E-state index in [1.54, 1.807) is 97.1 Å². The van der Waals surface area contributed by atoms with Gasteiger partial charge in [0.15, 0.2) is 11.6 Å². The van der Waals surface area contributed by atoms with E-state index in [2.05, 4.69) is 4.98 Å². The second kappa shape index (κ2) is 11.4. The number of hydrogen-bond donors (Lipinski definition) is 1. The molecule has 0 aliphatic carbocycles. The Morgan fingerprint density at radius 2 is 0.875 bits per heavy atom. The fourth-order valence-corrected chi connectivity index (χ4v) is 4.21. The zero-order valence-corrected chi connectivity index (χ0v) is 21.1. The van der Waals surface area contributed by atoms with E-state index < -0.39 is 11.9 Å². The average molecular weight is 527 g/mol. The first-order valence-electron chi connectivity index (χ1n) is 12.4. The molecule has 194 valence electrons. The first-order chi connectivity index (χ1) is 19.4. The number of hydrogen-bond acceptors (Lipinski definition) is 5. The number of carboxylic acids is 1. The number of carbonyl (C=O) groups is 4. The summed E-state index contributed by atoms with van der Waals surface area (Å²) in [5.74, 6) is -2.16. The van der Waals surface area contributed by atoms with E-state index in [0.29, 0.717) is 33.6 Å². The number of aromatic nitrogens is 1. The second-order valence-corrected chi connectivity index (χ2v) is 8.84. The Hall–Kier alpha value is -5.69. The molecule has 1 amide bonds. The third-order valence-electron chi connectivity index (χ3n) is 6.24. The van der Waals surface area contributed by atoms with Gasteiger partial charge in [0.25, 0.3) is 5.91 Å². The Morgan fingerprint density at radius 3 is 1.30 bits per heavy atom. The molecule has 0 saturated heterocycles. The first kappa shape index (κ1) is 25.9. The molecule has 0 bridgehead atoms. The molecule has 5 aromatic rings. The minimum atomic E-state index is -1.26. The van der Waals surface area contributed by atoms with Gasteiger partial charge in [-0.2, -0.15) is 0 Å². The monoisotopic (exact) mass is 526 g/mol. The Bertz CT molecular complexity index is 1600. The summed E-state index contributed by atoms with van der Waals surface area (Å²) in [7, 11) is 0. The molecule has 40 heavy (non-hydrogen) atoms. The Balaban J connectivity index is 1.52. The van der Waals surface area contributed by atoms with Crippen molar-refractivity contribution in [2.45, 2.75) is 0 Å². The van der Waals surface area contributed by atoms with Crippen LogP contribution in [0, 0.1) is 0 Å². The lowest BCUT2D eigenvalue weighted by Gasteiger charge is -2.23. The van der Waals surface area contributed by atoms with E-state index in [1.807, 2.05) is 12.1 Å². The minimum Gasteiger partial charge on any atom is -0.477 e. The van der Waals surface area contributed by atoms with Gasteiger partial charge in [0.05, 0.1) is 0 Å². The first-order valence-corrected chi connectivity index (χ1v) is 12.4. The van der Waals surface area contributed by atoms with Gasteiger partial charge in [0, 0.05) is 33.6 Å². The Morgan fingerprint density at radius 1 is 0.475 bits per heavy atom. The molecule has 4 aromatic carbocycles. The molecule has 0 unspecified atom stereocenters. The van der Waals surface area contributed by atoms with Crippen molar-refractivity contribution in [3.63, 3.8) is 0 Å². The Labute approximate surface area is 230 Å². The van der Waals surface area contributed by atoms with Crippen molar-refractivity contribution in [2.75, 3.05) is 4.90 Å². The highest BCUT2D eigenvalue weighted by Gasteiger charge is 2.23. The summed E-state index contributed by atoms with van der Waals surface area (Å²) in [5, 5.41) is 9.37. The number of carbonyl (C=O) groups excluding carboxylic acids is 3. The lowest BCUT2D eigenvalue weighted by Crippen LogP contribution is -2.27. The fraction of sp³-hybridized carbons (Fsp3) is 0. The van der Waals surface area contributed by atoms with Gasteiger partial charge in [-0.05, 0) is 60.7 Å². The van der Waals surface area contributed by atoms with Gasteiger partial charge in [0.2, 0.25) is 0 Å². The molecular formula is C33H22N2O5. The third kappa shape index (κ3) is 5.44. The molecule has 1 aromatic heterocycles. The standard InChI is InChI=1S/C33H22N2O5/c36-30(22-8-3-1-4-9-22)24-14-18-26(19-15-24)35(32(38)28-12-7-13-29(34-28)33(39)40)27-20-16-25(17-21-27)31(37)23-10-5-2-6-11-23/h1-21H,(H,39,40). The van der Waals surface area contributed by atoms with Crippen LogP contribution in [0.5, 0.6) is 0 Å². The molecule has 7 heteroatoms. The SMILES string of the molecule is O=C(c1ccccc1)c1ccc(N(C(=O)c2cccc(C(=O)O)n2)c2ccc(C(=O)c3ccccc3)cc2)cc1. The molecule has 5 rings (SSSR count). The topological polar surface area (TPSA) is 105 Å². The maximum absolute atomic E-state index is 13.7. The van der Waals surface area contributed by atoms with Crippen molar-refractivity contribution < 1.29 is 24.3 Å². The number of ketones is 2. The van der Waals surface area contributed by atoms with E-state index in [0.717, 1.165) is 0 Å². The van der Waals surface area contributed by atoms with Crippen molar-refractivity contribution in [3.8, 4) is 0 Å². The van der Waals surface area contributed by atoms with Gasteiger partial charge in [-0.15, -0.1) is 0 Å². The van der Waals surface area contributed by atoms with Crippen LogP contribution in [0.4, 0.5) is 11.4 Å². The Kier molecular flexibility index (Phi) is 7.37. The van der Waals surface area contributed by atoms with Crippen LogP contribution in [-0.4, -0.2) is 33.5 Å². The van der Waals surface area contributed by atoms with Crippen molar-refractivity contribution in [1.82, 2.24) is 4.98 Å². The summed E-state index contributed by atoms with van der Waals surface area (Å²) in [6, 6.07) is 34.9. The highest BCUT2D eigenvalue weighted by atomic mass is 16.4. The lowest BCUT2D eigenvalue weighted by molar-refractivity contribution is 0.0690. The maximum atomic E-state index is 13.7. The van der Waals surface area contributed by atoms with Crippen LogP contribution in [0.15, 0.2) is 127 Å². The molecular weight excluding hydrogens is 504 g/mol. The van der Waals surface area contributed by atoms with Crippen molar-refractivity contribution in [1.29, 1.82) is 0 Å². The van der Waals surface area contributed by atoms with Crippen LogP contribution < -0.4 is 4.90 Å². The van der Waals surface area contributed by atoms with Gasteiger partial charge in [-0.25, -0.2) is 9.78 Å². The number of rotatable bonds is 8. The van der Waals surface area contributed by atoms with Gasteiger partial charge in [0.1, 0.15) is 11.4 Å². The molecule has 0 spiro atoms. The highest BCUT2D eigenvalue weighted by Crippen LogP contribution is 2.29. The molecule has 1 heterocycles. The van der Waals surface area contributed by atoms with Gasteiger partial charge >= 0.3 is 5.97 Å². The number of anilines is 2. The van der Waals surface area contributed by atoms with Crippen molar-refractivity contribution >= 4 is 34.8 Å². The molecule has 0 aliphatic heterocycles. The van der Waals surface area contributed by atoms with E-state index in [4.69, 9.17) is 0 Å². The van der Waals surface area contributed by atoms with Gasteiger partial charge < -0.3 is 5.11 Å². The molecule has 0 atom stereocenters. The maximum Gasteiger partial charge on any atom is 0.354 e. The molecule has 0 fully saturated rings. The van der Waals surface area contributed by atoms with Crippen molar-refractivity contribution in [3.05, 3.63) is 161 Å². The highest BCUT2D eigenvalue weighted by molar-refractivity contribution is 6.13. The minimum absolute atomic E-state index is 0.0752. The zero-order valence-electron chi connectivity index (χ0n) is 21.1. The van der Waals surface area contributed by atoms with E-state index >= 15 is 0 Å². The number of carboxylic acid groups (broad SMARTS) is 1. The number of aromatic carboxylic acids is 1. The second-order valence-electron chi connectivity index (χ2n) is 8.84. The van der Waals surface area contributed by atoms with E-state index in [9.17, 15) is 24.3 Å². The van der Waals surface area contributed by atoms with Gasteiger partial charge in [-0.1, -0.05) is 66.7 Å². The molecule has 0 aliphatic rings. The molecule has 1 N–H and O–H groups in total. The molecule has 7 nitrogen and oxygen atoms in total. The van der Waals surface area contributed by atoms with Gasteiger partial charge in [-0.3, -0.25) is 19.3 Å². The van der Waals surface area contributed by atoms with Crippen LogP contribution in [-0.2, 0) is 0 Å². The number of amides is 1. The van der Waals surface area contributed by atoms with E-state index in [-0.39, 0.29) is 23.0 Å². The average Bonchev–Trinajstić information content (AvgIpc) is 3.02. The van der Waals surface area contributed by atoms with Crippen molar-refractivity contribution in [2.24, 2.45) is 0 Å². The number of nitrogens with zero attached hydrogens (tertiary/aromatic N) is 2. The smallest absolute Gasteiger partial charge is 0.354 e. The quantitative estimate of drug-likeness (QED) is 0.241. The summed E-state index contributed by atoms with van der Waals surface area (Å²) in [6.45, 7) is 0. The van der Waals surface area contributed by atoms with E-state index in [1.165, 1.54) is 23.1 Å². The normalized spacial score (nSPS) is 10.5. The summed E-state index contributed by atoms with van der Waals surface area (Å²) < 4.78 is 0. The fourth-order valence-electron chi connectivity index (χ4n) is 4.21. The van der Waals surface area contributed by atoms with Crippen LogP contribution in [0.2, 0.25) is 0 Å². The molecule has 0 saturated carbocycles. The van der Waals surface area contributed by atoms with Crippen LogP contribution in [0.1, 0.15) is 52.8 Å². The summed E-state index contributed by atoms with van der Waals surface area (Å²) in [6.07, 6.45) is 0. The molecule has 0 radical (unpaired) electrons. The van der Waals surface area contributed by atoms with Crippen LogP contribution in [0.3, 0.4) is 0 Å². The number of benzene rings is 4. The zero-order chi connectivity index (χ0) is 28.1. The predicted octanol–water partition coefficient (Wildman–Crippen LogP) is 6.22. The largest absolute Gasteiger partial charge is 0.477 e. The number of pyridine rings is 1. The van der Waals surface area contributed by atoms with Crippen LogP contribution >= 0.6 is 0 Å². The van der Waals surface area contributed by atoms with Crippen LogP contribution in [0.25, 0.3) is 0 Å². The summed E-state index contributed by atoms with van der Waals surface area (Å²) in [5.41, 5.74) is 2.48. The summed E-state index contributed by atoms with van der Waals surface area (Å²) >= 11 is 0.